The van der Waals surface area contributed by atoms with Crippen molar-refractivity contribution in [2.75, 3.05) is 13.1 Å². The van der Waals surface area contributed by atoms with Crippen LogP contribution < -0.4 is 5.32 Å². The molecular weight excluding hydrogens is 284 g/mol. The van der Waals surface area contributed by atoms with E-state index < -0.39 is 5.54 Å². The highest BCUT2D eigenvalue weighted by atomic mass is 79.9. The van der Waals surface area contributed by atoms with Crippen LogP contribution in [0, 0.1) is 0 Å². The van der Waals surface area contributed by atoms with Crippen molar-refractivity contribution in [3.63, 3.8) is 0 Å². The second-order valence-electron chi connectivity index (χ2n) is 4.33. The standard InChI is InChI=1S/C12H19BrN2O2/c1-4-12(5-2)11(17)15(8-9(3)13)7-6-10(16)14-12/h3-8H2,1-2H3,(H,14,16). The van der Waals surface area contributed by atoms with Crippen LogP contribution in [0.15, 0.2) is 11.1 Å². The molecule has 0 atom stereocenters. The summed E-state index contributed by atoms with van der Waals surface area (Å²) >= 11 is 3.27. The van der Waals surface area contributed by atoms with Gasteiger partial charge in [0.15, 0.2) is 0 Å². The third-order valence-corrected chi connectivity index (χ3v) is 3.50. The van der Waals surface area contributed by atoms with Gasteiger partial charge in [-0.3, -0.25) is 9.59 Å². The Hall–Kier alpha value is -0.840. The van der Waals surface area contributed by atoms with Gasteiger partial charge in [-0.05, 0) is 12.8 Å². The predicted molar refractivity (Wildman–Crippen MR) is 70.7 cm³/mol. The van der Waals surface area contributed by atoms with Crippen LogP contribution in [-0.4, -0.2) is 35.3 Å². The van der Waals surface area contributed by atoms with Crippen molar-refractivity contribution >= 4 is 27.7 Å². The van der Waals surface area contributed by atoms with E-state index in [0.717, 1.165) is 4.48 Å². The highest BCUT2D eigenvalue weighted by Gasteiger charge is 2.41. The minimum atomic E-state index is -0.740. The van der Waals surface area contributed by atoms with E-state index in [1.54, 1.807) is 4.90 Å². The second kappa shape index (κ2) is 5.67. The summed E-state index contributed by atoms with van der Waals surface area (Å²) in [5.41, 5.74) is -0.740. The monoisotopic (exact) mass is 302 g/mol. The first-order valence-electron chi connectivity index (χ1n) is 5.89. The number of amides is 2. The number of hydrogen-bond donors (Lipinski definition) is 1. The van der Waals surface area contributed by atoms with Crippen LogP contribution in [0.5, 0.6) is 0 Å². The van der Waals surface area contributed by atoms with Gasteiger partial charge in [-0.25, -0.2) is 0 Å². The first kappa shape index (κ1) is 14.2. The Kier molecular flexibility index (Phi) is 4.74. The average Bonchev–Trinajstić information content (AvgIpc) is 2.40. The summed E-state index contributed by atoms with van der Waals surface area (Å²) in [5.74, 6) is -0.0568. The zero-order chi connectivity index (χ0) is 13.1. The zero-order valence-corrected chi connectivity index (χ0v) is 12.0. The molecule has 17 heavy (non-hydrogen) atoms. The van der Waals surface area contributed by atoms with E-state index in [0.29, 0.717) is 32.4 Å². The van der Waals surface area contributed by atoms with E-state index in [4.69, 9.17) is 0 Å². The summed E-state index contributed by atoms with van der Waals surface area (Å²) in [4.78, 5) is 25.8. The molecule has 96 valence electrons. The molecule has 1 saturated heterocycles. The largest absolute Gasteiger partial charge is 0.342 e. The Bertz CT molecular complexity index is 337. The molecule has 5 heteroatoms. The number of nitrogens with one attached hydrogen (secondary N) is 1. The number of carbonyl (C=O) groups is 2. The van der Waals surface area contributed by atoms with Crippen LogP contribution in [0.2, 0.25) is 0 Å². The highest BCUT2D eigenvalue weighted by molar-refractivity contribution is 9.11. The third-order valence-electron chi connectivity index (χ3n) is 3.25. The van der Waals surface area contributed by atoms with E-state index in [1.165, 1.54) is 0 Å². The summed E-state index contributed by atoms with van der Waals surface area (Å²) < 4.78 is 0.751. The number of halogens is 1. The van der Waals surface area contributed by atoms with E-state index in [-0.39, 0.29) is 11.8 Å². The molecule has 0 aromatic heterocycles. The fraction of sp³-hybridized carbons (Fsp3) is 0.667. The molecule has 0 radical (unpaired) electrons. The third kappa shape index (κ3) is 3.09. The molecule has 1 fully saturated rings. The van der Waals surface area contributed by atoms with Crippen LogP contribution in [0.25, 0.3) is 0 Å². The lowest BCUT2D eigenvalue weighted by molar-refractivity contribution is -0.138. The lowest BCUT2D eigenvalue weighted by Gasteiger charge is -2.33. The van der Waals surface area contributed by atoms with E-state index in [2.05, 4.69) is 27.8 Å². The van der Waals surface area contributed by atoms with E-state index in [9.17, 15) is 9.59 Å². The van der Waals surface area contributed by atoms with Gasteiger partial charge in [0.25, 0.3) is 0 Å². The van der Waals surface area contributed by atoms with Gasteiger partial charge in [-0.15, -0.1) is 0 Å². The van der Waals surface area contributed by atoms with Gasteiger partial charge in [0, 0.05) is 17.4 Å². The summed E-state index contributed by atoms with van der Waals surface area (Å²) in [5, 5.41) is 2.87. The smallest absolute Gasteiger partial charge is 0.248 e. The van der Waals surface area contributed by atoms with Gasteiger partial charge in [0.2, 0.25) is 11.8 Å². The van der Waals surface area contributed by atoms with Gasteiger partial charge >= 0.3 is 0 Å². The predicted octanol–water partition coefficient (Wildman–Crippen LogP) is 1.80. The van der Waals surface area contributed by atoms with Gasteiger partial charge in [-0.2, -0.15) is 0 Å². The van der Waals surface area contributed by atoms with Crippen molar-refractivity contribution in [1.29, 1.82) is 0 Å². The molecule has 0 spiro atoms. The van der Waals surface area contributed by atoms with Crippen molar-refractivity contribution in [2.45, 2.75) is 38.6 Å². The lowest BCUT2D eigenvalue weighted by atomic mass is 9.91. The van der Waals surface area contributed by atoms with Crippen molar-refractivity contribution in [3.05, 3.63) is 11.1 Å². The minimum absolute atomic E-state index is 0.00560. The van der Waals surface area contributed by atoms with Crippen LogP contribution >= 0.6 is 15.9 Å². The Morgan fingerprint density at radius 1 is 1.47 bits per heavy atom. The average molecular weight is 303 g/mol. The maximum atomic E-state index is 12.5. The molecule has 0 aromatic carbocycles. The molecule has 0 unspecified atom stereocenters. The number of nitrogens with zero attached hydrogens (tertiary/aromatic N) is 1. The first-order chi connectivity index (χ1) is 7.95. The Morgan fingerprint density at radius 3 is 2.53 bits per heavy atom. The molecule has 1 heterocycles. The van der Waals surface area contributed by atoms with Crippen LogP contribution in [0.4, 0.5) is 0 Å². The van der Waals surface area contributed by atoms with Crippen LogP contribution in [0.1, 0.15) is 33.1 Å². The molecule has 4 nitrogen and oxygen atoms in total. The van der Waals surface area contributed by atoms with Gasteiger partial charge < -0.3 is 10.2 Å². The number of carbonyl (C=O) groups excluding carboxylic acids is 2. The van der Waals surface area contributed by atoms with Crippen LogP contribution in [-0.2, 0) is 9.59 Å². The van der Waals surface area contributed by atoms with Crippen molar-refractivity contribution in [2.24, 2.45) is 0 Å². The second-order valence-corrected chi connectivity index (χ2v) is 5.45. The minimum Gasteiger partial charge on any atom is -0.342 e. The number of hydrogen-bond acceptors (Lipinski definition) is 2. The fourth-order valence-corrected chi connectivity index (χ4v) is 2.41. The summed E-state index contributed by atoms with van der Waals surface area (Å²) in [6, 6.07) is 0. The maximum Gasteiger partial charge on any atom is 0.248 e. The normalized spacial score (nSPS) is 19.8. The van der Waals surface area contributed by atoms with Crippen molar-refractivity contribution in [3.8, 4) is 0 Å². The molecule has 0 aromatic rings. The first-order valence-corrected chi connectivity index (χ1v) is 6.68. The number of rotatable bonds is 4. The van der Waals surface area contributed by atoms with Crippen molar-refractivity contribution in [1.82, 2.24) is 10.2 Å². The lowest BCUT2D eigenvalue weighted by Crippen LogP contribution is -2.56. The molecule has 1 rings (SSSR count). The fourth-order valence-electron chi connectivity index (χ4n) is 2.11. The molecule has 0 saturated carbocycles. The van der Waals surface area contributed by atoms with E-state index >= 15 is 0 Å². The van der Waals surface area contributed by atoms with E-state index in [1.807, 2.05) is 13.8 Å². The molecule has 0 bridgehead atoms. The van der Waals surface area contributed by atoms with Crippen LogP contribution in [0.3, 0.4) is 0 Å². The maximum absolute atomic E-state index is 12.5. The molecule has 1 aliphatic heterocycles. The Morgan fingerprint density at radius 2 is 2.06 bits per heavy atom. The summed E-state index contributed by atoms with van der Waals surface area (Å²) in [6.07, 6.45) is 1.58. The highest BCUT2D eigenvalue weighted by Crippen LogP contribution is 2.22. The molecule has 1 aliphatic rings. The molecular formula is C12H19BrN2O2. The molecule has 2 amide bonds. The molecule has 0 aliphatic carbocycles. The zero-order valence-electron chi connectivity index (χ0n) is 10.4. The Balaban J connectivity index is 3.00. The Labute approximate surface area is 111 Å². The van der Waals surface area contributed by atoms with Gasteiger partial charge in [0.05, 0.1) is 6.54 Å². The molecule has 1 N–H and O–H groups in total. The quantitative estimate of drug-likeness (QED) is 0.861. The topological polar surface area (TPSA) is 49.4 Å². The SMILES string of the molecule is C=C(Br)CN1CCC(=O)NC(CC)(CC)C1=O. The summed E-state index contributed by atoms with van der Waals surface area (Å²) in [7, 11) is 0. The summed E-state index contributed by atoms with van der Waals surface area (Å²) in [6.45, 7) is 8.51. The van der Waals surface area contributed by atoms with Gasteiger partial charge in [-0.1, -0.05) is 36.4 Å². The van der Waals surface area contributed by atoms with Crippen molar-refractivity contribution < 1.29 is 9.59 Å². The van der Waals surface area contributed by atoms with Gasteiger partial charge in [0.1, 0.15) is 5.54 Å².